The molecule has 1 aliphatic rings. The first-order chi connectivity index (χ1) is 7.49. The highest BCUT2D eigenvalue weighted by Crippen LogP contribution is 2.27. The molecule has 16 heavy (non-hydrogen) atoms. The first-order valence-corrected chi connectivity index (χ1v) is 6.29. The fraction of sp³-hybridized carbons (Fsp3) is 0.750. The zero-order valence-electron chi connectivity index (χ0n) is 10.5. The van der Waals surface area contributed by atoms with E-state index >= 15 is 0 Å². The molecule has 2 unspecified atom stereocenters. The molecule has 1 aromatic heterocycles. The highest BCUT2D eigenvalue weighted by Gasteiger charge is 2.27. The lowest BCUT2D eigenvalue weighted by Crippen LogP contribution is -2.26. The van der Waals surface area contributed by atoms with Gasteiger partial charge in [-0.25, -0.2) is 0 Å². The number of aryl methyl sites for hydroxylation is 2. The van der Waals surface area contributed by atoms with E-state index in [1.807, 2.05) is 14.0 Å². The van der Waals surface area contributed by atoms with Gasteiger partial charge >= 0.3 is 0 Å². The van der Waals surface area contributed by atoms with E-state index in [4.69, 9.17) is 11.6 Å². The molecule has 1 saturated heterocycles. The molecule has 0 bridgehead atoms. The molecule has 0 amide bonds. The molecular formula is C12H20ClN3. The zero-order valence-corrected chi connectivity index (χ0v) is 11.3. The van der Waals surface area contributed by atoms with E-state index in [0.29, 0.717) is 6.04 Å². The Labute approximate surface area is 102 Å². The van der Waals surface area contributed by atoms with Crippen molar-refractivity contribution >= 4 is 11.6 Å². The van der Waals surface area contributed by atoms with Gasteiger partial charge in [0.15, 0.2) is 0 Å². The quantitative estimate of drug-likeness (QED) is 0.794. The Balaban J connectivity index is 2.15. The first kappa shape index (κ1) is 11.9. The van der Waals surface area contributed by atoms with Crippen LogP contribution in [-0.2, 0) is 13.6 Å². The minimum atomic E-state index is 0.658. The van der Waals surface area contributed by atoms with Gasteiger partial charge in [0, 0.05) is 31.7 Å². The van der Waals surface area contributed by atoms with Gasteiger partial charge in [-0.05, 0) is 26.2 Å². The molecule has 0 aromatic carbocycles. The summed E-state index contributed by atoms with van der Waals surface area (Å²) in [6, 6.07) is 0.658. The molecule has 0 aliphatic carbocycles. The summed E-state index contributed by atoms with van der Waals surface area (Å²) >= 11 is 6.25. The van der Waals surface area contributed by atoms with Crippen molar-refractivity contribution in [1.29, 1.82) is 0 Å². The molecule has 90 valence electrons. The SMILES string of the molecule is Cc1nn(C)c(Cl)c1CN1CC(C)CC1C. The number of halogens is 1. The predicted molar refractivity (Wildman–Crippen MR) is 66.6 cm³/mol. The van der Waals surface area contributed by atoms with Crippen molar-refractivity contribution in [3.05, 3.63) is 16.4 Å². The van der Waals surface area contributed by atoms with Crippen molar-refractivity contribution in [2.24, 2.45) is 13.0 Å². The lowest BCUT2D eigenvalue weighted by molar-refractivity contribution is 0.256. The van der Waals surface area contributed by atoms with E-state index in [-0.39, 0.29) is 0 Å². The summed E-state index contributed by atoms with van der Waals surface area (Å²) in [4.78, 5) is 2.50. The van der Waals surface area contributed by atoms with E-state index in [1.165, 1.54) is 18.5 Å². The second-order valence-corrected chi connectivity index (χ2v) is 5.46. The van der Waals surface area contributed by atoms with Gasteiger partial charge in [0.2, 0.25) is 0 Å². The third-order valence-corrected chi connectivity index (χ3v) is 4.02. The van der Waals surface area contributed by atoms with Crippen molar-refractivity contribution in [2.75, 3.05) is 6.54 Å². The molecule has 4 heteroatoms. The van der Waals surface area contributed by atoms with Gasteiger partial charge in [-0.1, -0.05) is 18.5 Å². The number of hydrogen-bond acceptors (Lipinski definition) is 2. The van der Waals surface area contributed by atoms with Crippen LogP contribution in [0.2, 0.25) is 5.15 Å². The Hall–Kier alpha value is -0.540. The van der Waals surface area contributed by atoms with Crippen LogP contribution in [0.25, 0.3) is 0 Å². The van der Waals surface area contributed by atoms with E-state index in [0.717, 1.165) is 23.3 Å². The smallest absolute Gasteiger partial charge is 0.131 e. The Kier molecular flexibility index (Phi) is 3.27. The van der Waals surface area contributed by atoms with Gasteiger partial charge < -0.3 is 0 Å². The summed E-state index contributed by atoms with van der Waals surface area (Å²) in [5.74, 6) is 0.797. The van der Waals surface area contributed by atoms with Gasteiger partial charge in [0.05, 0.1) is 5.69 Å². The highest BCUT2D eigenvalue weighted by atomic mass is 35.5. The predicted octanol–water partition coefficient (Wildman–Crippen LogP) is 2.61. The Bertz CT molecular complexity index is 386. The number of rotatable bonds is 2. The number of hydrogen-bond donors (Lipinski definition) is 0. The molecular weight excluding hydrogens is 222 g/mol. The number of aromatic nitrogens is 2. The maximum Gasteiger partial charge on any atom is 0.131 e. The number of likely N-dealkylation sites (tertiary alicyclic amines) is 1. The van der Waals surface area contributed by atoms with E-state index in [1.54, 1.807) is 4.68 Å². The number of nitrogens with zero attached hydrogens (tertiary/aromatic N) is 3. The highest BCUT2D eigenvalue weighted by molar-refractivity contribution is 6.30. The topological polar surface area (TPSA) is 21.1 Å². The normalized spacial score (nSPS) is 26.6. The molecule has 1 aromatic rings. The molecule has 0 N–H and O–H groups in total. The van der Waals surface area contributed by atoms with Crippen LogP contribution in [-0.4, -0.2) is 27.3 Å². The molecule has 3 nitrogen and oxygen atoms in total. The Morgan fingerprint density at radius 3 is 2.56 bits per heavy atom. The first-order valence-electron chi connectivity index (χ1n) is 5.91. The average Bonchev–Trinajstić information content (AvgIpc) is 2.62. The van der Waals surface area contributed by atoms with Gasteiger partial charge in [-0.15, -0.1) is 0 Å². The summed E-state index contributed by atoms with van der Waals surface area (Å²) in [6.07, 6.45) is 1.29. The molecule has 0 spiro atoms. The molecule has 0 saturated carbocycles. The summed E-state index contributed by atoms with van der Waals surface area (Å²) < 4.78 is 1.76. The zero-order chi connectivity index (χ0) is 11.9. The monoisotopic (exact) mass is 241 g/mol. The van der Waals surface area contributed by atoms with E-state index in [2.05, 4.69) is 23.8 Å². The largest absolute Gasteiger partial charge is 0.296 e. The maximum atomic E-state index is 6.25. The van der Waals surface area contributed by atoms with Crippen LogP contribution in [0.4, 0.5) is 0 Å². The van der Waals surface area contributed by atoms with Crippen LogP contribution in [0.3, 0.4) is 0 Å². The van der Waals surface area contributed by atoms with E-state index < -0.39 is 0 Å². The molecule has 0 radical (unpaired) electrons. The van der Waals surface area contributed by atoms with Crippen molar-refractivity contribution in [3.63, 3.8) is 0 Å². The van der Waals surface area contributed by atoms with Crippen molar-refractivity contribution in [3.8, 4) is 0 Å². The molecule has 2 atom stereocenters. The molecule has 1 fully saturated rings. The maximum absolute atomic E-state index is 6.25. The van der Waals surface area contributed by atoms with Gasteiger partial charge in [0.1, 0.15) is 5.15 Å². The van der Waals surface area contributed by atoms with Crippen LogP contribution >= 0.6 is 11.6 Å². The van der Waals surface area contributed by atoms with E-state index in [9.17, 15) is 0 Å². The summed E-state index contributed by atoms with van der Waals surface area (Å²) in [6.45, 7) is 8.75. The minimum absolute atomic E-state index is 0.658. The second-order valence-electron chi connectivity index (χ2n) is 5.10. The lowest BCUT2D eigenvalue weighted by Gasteiger charge is -2.20. The fourth-order valence-corrected chi connectivity index (χ4v) is 2.90. The van der Waals surface area contributed by atoms with Crippen LogP contribution < -0.4 is 0 Å². The summed E-state index contributed by atoms with van der Waals surface area (Å²) in [7, 11) is 1.90. The summed E-state index contributed by atoms with van der Waals surface area (Å²) in [5.41, 5.74) is 2.24. The molecule has 2 heterocycles. The molecule has 2 rings (SSSR count). The Morgan fingerprint density at radius 2 is 2.12 bits per heavy atom. The Morgan fingerprint density at radius 1 is 1.44 bits per heavy atom. The van der Waals surface area contributed by atoms with Crippen LogP contribution in [0.5, 0.6) is 0 Å². The van der Waals surface area contributed by atoms with Gasteiger partial charge in [-0.3, -0.25) is 9.58 Å². The van der Waals surface area contributed by atoms with Crippen LogP contribution in [0.1, 0.15) is 31.5 Å². The van der Waals surface area contributed by atoms with Crippen LogP contribution in [0.15, 0.2) is 0 Å². The third kappa shape index (κ3) is 2.11. The standard InChI is InChI=1S/C12H20ClN3/c1-8-5-9(2)16(6-8)7-11-10(3)14-15(4)12(11)13/h8-9H,5-7H2,1-4H3. The lowest BCUT2D eigenvalue weighted by atomic mass is 10.1. The van der Waals surface area contributed by atoms with Crippen molar-refractivity contribution < 1.29 is 0 Å². The van der Waals surface area contributed by atoms with Crippen molar-refractivity contribution in [2.45, 2.75) is 39.8 Å². The van der Waals surface area contributed by atoms with Crippen LogP contribution in [0, 0.1) is 12.8 Å². The van der Waals surface area contributed by atoms with Gasteiger partial charge in [-0.2, -0.15) is 5.10 Å². The third-order valence-electron chi connectivity index (χ3n) is 3.54. The van der Waals surface area contributed by atoms with Crippen molar-refractivity contribution in [1.82, 2.24) is 14.7 Å². The molecule has 1 aliphatic heterocycles. The second kappa shape index (κ2) is 4.38. The van der Waals surface area contributed by atoms with Gasteiger partial charge in [0.25, 0.3) is 0 Å². The average molecular weight is 242 g/mol. The minimum Gasteiger partial charge on any atom is -0.296 e. The fourth-order valence-electron chi connectivity index (χ4n) is 2.66. The summed E-state index contributed by atoms with van der Waals surface area (Å²) in [5, 5.41) is 5.14.